The van der Waals surface area contributed by atoms with Crippen molar-refractivity contribution in [3.63, 3.8) is 0 Å². The molecule has 2 rings (SSSR count). The van der Waals surface area contributed by atoms with E-state index in [4.69, 9.17) is 11.6 Å². The molecule has 0 unspecified atom stereocenters. The van der Waals surface area contributed by atoms with Crippen LogP contribution in [0.5, 0.6) is 0 Å². The molecule has 0 aliphatic rings. The third-order valence-electron chi connectivity index (χ3n) is 2.81. The van der Waals surface area contributed by atoms with E-state index in [-0.39, 0.29) is 5.82 Å². The Morgan fingerprint density at radius 3 is 2.50 bits per heavy atom. The maximum absolute atomic E-state index is 11.6. The first-order valence-corrected chi connectivity index (χ1v) is 6.43. The molecule has 0 bridgehead atoms. The first-order chi connectivity index (χ1) is 9.47. The quantitative estimate of drug-likeness (QED) is 0.491. The molecule has 2 aromatic rings. The largest absolute Gasteiger partial charge is 0.710 e. The summed E-state index contributed by atoms with van der Waals surface area (Å²) in [4.78, 5) is 2.01. The van der Waals surface area contributed by atoms with E-state index in [0.717, 1.165) is 16.9 Å². The van der Waals surface area contributed by atoms with Crippen molar-refractivity contribution in [1.29, 1.82) is 0 Å². The van der Waals surface area contributed by atoms with E-state index in [2.05, 4.69) is 10.2 Å². The summed E-state index contributed by atoms with van der Waals surface area (Å²) in [5, 5.41) is 20.0. The van der Waals surface area contributed by atoms with Gasteiger partial charge >= 0.3 is 5.82 Å². The van der Waals surface area contributed by atoms with Crippen LogP contribution in [0, 0.1) is 12.1 Å². The van der Waals surface area contributed by atoms with Crippen molar-refractivity contribution in [3.05, 3.63) is 52.3 Å². The molecule has 20 heavy (non-hydrogen) atoms. The second-order valence-electron chi connectivity index (χ2n) is 4.60. The minimum absolute atomic E-state index is 0.200. The lowest BCUT2D eigenvalue weighted by Crippen LogP contribution is -2.25. The molecule has 0 radical (unpaired) electrons. The van der Waals surface area contributed by atoms with Crippen LogP contribution in [0.2, 0.25) is 5.02 Å². The zero-order valence-electron chi connectivity index (χ0n) is 11.5. The van der Waals surface area contributed by atoms with Crippen LogP contribution < -0.4 is 9.63 Å². The topological polar surface area (TPSA) is 54.9 Å². The highest BCUT2D eigenvalue weighted by atomic mass is 35.5. The predicted octanol–water partition coefficient (Wildman–Crippen LogP) is 3.76. The highest BCUT2D eigenvalue weighted by Gasteiger charge is 2.06. The van der Waals surface area contributed by atoms with Gasteiger partial charge in [-0.1, -0.05) is 11.6 Å². The van der Waals surface area contributed by atoms with Gasteiger partial charge in [-0.15, -0.1) is 0 Å². The predicted molar refractivity (Wildman–Crippen MR) is 80.1 cm³/mol. The first kappa shape index (κ1) is 14.3. The normalized spacial score (nSPS) is 11.0. The number of rotatable bonds is 3. The van der Waals surface area contributed by atoms with E-state index >= 15 is 0 Å². The van der Waals surface area contributed by atoms with Gasteiger partial charge in [0, 0.05) is 25.8 Å². The van der Waals surface area contributed by atoms with Crippen molar-refractivity contribution in [2.45, 2.75) is 6.92 Å². The number of azo groups is 1. The number of nitrogens with zero attached hydrogens (tertiary/aromatic N) is 4. The number of anilines is 1. The fourth-order valence-electron chi connectivity index (χ4n) is 1.66. The van der Waals surface area contributed by atoms with Crippen LogP contribution in [0.3, 0.4) is 0 Å². The lowest BCUT2D eigenvalue weighted by molar-refractivity contribution is -0.591. The number of aryl methyl sites for hydroxylation is 1. The Bertz CT molecular complexity index is 656. The molecule has 0 saturated heterocycles. The van der Waals surface area contributed by atoms with Gasteiger partial charge < -0.3 is 10.1 Å². The number of hydrogen-bond acceptors (Lipinski definition) is 4. The van der Waals surface area contributed by atoms with Gasteiger partial charge in [0.25, 0.3) is 0 Å². The summed E-state index contributed by atoms with van der Waals surface area (Å²) in [6, 6.07) is 8.98. The van der Waals surface area contributed by atoms with E-state index < -0.39 is 0 Å². The lowest BCUT2D eigenvalue weighted by atomic mass is 10.2. The lowest BCUT2D eigenvalue weighted by Gasteiger charge is -2.12. The van der Waals surface area contributed by atoms with Gasteiger partial charge in [-0.2, -0.15) is 0 Å². The number of halogens is 1. The molecule has 6 heteroatoms. The second-order valence-corrected chi connectivity index (χ2v) is 5.03. The molecular weight excluding hydrogens is 276 g/mol. The summed E-state index contributed by atoms with van der Waals surface area (Å²) in [5.74, 6) is 0.200. The van der Waals surface area contributed by atoms with Crippen LogP contribution >= 0.6 is 11.6 Å². The van der Waals surface area contributed by atoms with E-state index in [1.54, 1.807) is 6.07 Å². The van der Waals surface area contributed by atoms with E-state index in [0.29, 0.717) is 9.75 Å². The molecule has 0 aliphatic carbocycles. The number of hydrogen-bond donors (Lipinski definition) is 0. The van der Waals surface area contributed by atoms with Gasteiger partial charge in [-0.3, -0.25) is 0 Å². The molecule has 1 aromatic carbocycles. The molecule has 0 atom stereocenters. The molecule has 0 N–H and O–H groups in total. The monoisotopic (exact) mass is 290 g/mol. The Hall–Kier alpha value is -2.14. The molecule has 5 nitrogen and oxygen atoms in total. The van der Waals surface area contributed by atoms with Crippen LogP contribution in [-0.2, 0) is 0 Å². The van der Waals surface area contributed by atoms with Crippen molar-refractivity contribution < 1.29 is 4.73 Å². The standard InChI is InChI=1S/C14H15ClN4O/c1-10-8-12(18(2)3)5-6-13(10)16-17-14-7-4-11(15)9-19(14)20/h4-9H,1-3H3. The summed E-state index contributed by atoms with van der Waals surface area (Å²) in [6.07, 6.45) is 1.25. The highest BCUT2D eigenvalue weighted by molar-refractivity contribution is 6.30. The molecule has 0 fully saturated rings. The second kappa shape index (κ2) is 5.88. The summed E-state index contributed by atoms with van der Waals surface area (Å²) in [5.41, 5.74) is 2.81. The third-order valence-corrected chi connectivity index (χ3v) is 3.04. The van der Waals surface area contributed by atoms with Crippen molar-refractivity contribution in [3.8, 4) is 0 Å². The smallest absolute Gasteiger partial charge is 0.353 e. The maximum atomic E-state index is 11.6. The van der Waals surface area contributed by atoms with Gasteiger partial charge in [0.1, 0.15) is 11.9 Å². The molecular formula is C14H15ClN4O. The number of aromatic nitrogens is 1. The molecule has 1 heterocycles. The zero-order chi connectivity index (χ0) is 14.7. The summed E-state index contributed by atoms with van der Waals surface area (Å²) in [7, 11) is 3.95. The first-order valence-electron chi connectivity index (χ1n) is 6.06. The molecule has 104 valence electrons. The fraction of sp³-hybridized carbons (Fsp3) is 0.214. The van der Waals surface area contributed by atoms with E-state index in [1.165, 1.54) is 12.3 Å². The average molecular weight is 291 g/mol. The molecule has 0 aliphatic heterocycles. The van der Waals surface area contributed by atoms with Crippen molar-refractivity contribution >= 4 is 28.8 Å². The molecule has 0 saturated carbocycles. The molecule has 0 amide bonds. The van der Waals surface area contributed by atoms with Crippen molar-refractivity contribution in [2.75, 3.05) is 19.0 Å². The van der Waals surface area contributed by atoms with Crippen LogP contribution in [0.1, 0.15) is 5.56 Å². The van der Waals surface area contributed by atoms with Crippen LogP contribution in [-0.4, -0.2) is 14.1 Å². The van der Waals surface area contributed by atoms with Gasteiger partial charge in [0.2, 0.25) is 0 Å². The Labute approximate surface area is 122 Å². The Kier molecular flexibility index (Phi) is 4.20. The Morgan fingerprint density at radius 2 is 1.90 bits per heavy atom. The van der Waals surface area contributed by atoms with E-state index in [1.807, 2.05) is 44.1 Å². The summed E-state index contributed by atoms with van der Waals surface area (Å²) < 4.78 is 0.593. The Morgan fingerprint density at radius 1 is 1.15 bits per heavy atom. The van der Waals surface area contributed by atoms with Crippen LogP contribution in [0.4, 0.5) is 17.2 Å². The third kappa shape index (κ3) is 3.24. The number of benzene rings is 1. The van der Waals surface area contributed by atoms with Crippen molar-refractivity contribution in [1.82, 2.24) is 0 Å². The Balaban J connectivity index is 2.27. The highest BCUT2D eigenvalue weighted by Crippen LogP contribution is 2.25. The maximum Gasteiger partial charge on any atom is 0.353 e. The van der Waals surface area contributed by atoms with Gasteiger partial charge in [0.15, 0.2) is 0 Å². The van der Waals surface area contributed by atoms with Crippen LogP contribution in [0.25, 0.3) is 0 Å². The summed E-state index contributed by atoms with van der Waals surface area (Å²) in [6.45, 7) is 1.95. The SMILES string of the molecule is Cc1cc(N(C)C)ccc1N=Nc1ccc(Cl)c[n+]1[O-]. The van der Waals surface area contributed by atoms with Gasteiger partial charge in [0.05, 0.1) is 10.1 Å². The number of pyridine rings is 1. The van der Waals surface area contributed by atoms with Crippen LogP contribution in [0.15, 0.2) is 46.8 Å². The summed E-state index contributed by atoms with van der Waals surface area (Å²) >= 11 is 5.71. The zero-order valence-corrected chi connectivity index (χ0v) is 12.3. The minimum Gasteiger partial charge on any atom is -0.710 e. The molecule has 1 aromatic heterocycles. The van der Waals surface area contributed by atoms with Gasteiger partial charge in [-0.05, 0) is 41.9 Å². The van der Waals surface area contributed by atoms with E-state index in [9.17, 15) is 5.21 Å². The fourth-order valence-corrected chi connectivity index (χ4v) is 1.81. The molecule has 0 spiro atoms. The van der Waals surface area contributed by atoms with Crippen molar-refractivity contribution in [2.24, 2.45) is 10.2 Å². The average Bonchev–Trinajstić information content (AvgIpc) is 2.38. The van der Waals surface area contributed by atoms with Gasteiger partial charge in [-0.25, -0.2) is 4.73 Å². The minimum atomic E-state index is 0.200.